The number of nitrogens with zero attached hydrogens (tertiary/aromatic N) is 1. The van der Waals surface area contributed by atoms with Crippen LogP contribution in [-0.4, -0.2) is 30.3 Å². The molecule has 0 aromatic heterocycles. The second-order valence-electron chi connectivity index (χ2n) is 11.0. The Morgan fingerprint density at radius 3 is 2.31 bits per heavy atom. The van der Waals surface area contributed by atoms with Crippen molar-refractivity contribution in [3.8, 4) is 0 Å². The predicted octanol–water partition coefficient (Wildman–Crippen LogP) is 6.62. The minimum Gasteiger partial charge on any atom is -0.478 e. The van der Waals surface area contributed by atoms with Crippen LogP contribution in [0.15, 0.2) is 65.6 Å². The smallest absolute Gasteiger partial charge is 0.335 e. The maximum Gasteiger partial charge on any atom is 0.335 e. The van der Waals surface area contributed by atoms with Gasteiger partial charge in [-0.3, -0.25) is 0 Å². The van der Waals surface area contributed by atoms with Crippen LogP contribution in [-0.2, 0) is 15.6 Å². The van der Waals surface area contributed by atoms with Crippen LogP contribution in [0.5, 0.6) is 0 Å². The fourth-order valence-corrected chi connectivity index (χ4v) is 7.43. The Morgan fingerprint density at radius 2 is 1.74 bits per heavy atom. The van der Waals surface area contributed by atoms with Crippen molar-refractivity contribution in [1.82, 2.24) is 4.31 Å². The molecular weight excluding hydrogens is 569 g/mol. The zero-order valence-electron chi connectivity index (χ0n) is 21.5. The Morgan fingerprint density at radius 1 is 1.10 bits per heavy atom. The Balaban J connectivity index is 2.01. The molecule has 3 atom stereocenters. The first-order chi connectivity index (χ1) is 18.1. The Labute approximate surface area is 236 Å². The van der Waals surface area contributed by atoms with Crippen LogP contribution in [0.3, 0.4) is 0 Å². The number of aromatic carboxylic acids is 1. The van der Waals surface area contributed by atoms with Gasteiger partial charge >= 0.3 is 5.97 Å². The largest absolute Gasteiger partial charge is 0.478 e. The summed E-state index contributed by atoms with van der Waals surface area (Å²) in [4.78, 5) is 11.1. The molecule has 1 heterocycles. The summed E-state index contributed by atoms with van der Waals surface area (Å²) < 4.78 is 60.5. The fraction of sp³-hybridized carbons (Fsp3) is 0.321. The van der Waals surface area contributed by atoms with Crippen molar-refractivity contribution in [2.75, 3.05) is 6.54 Å². The quantitative estimate of drug-likeness (QED) is 0.333. The molecule has 4 rings (SSSR count). The van der Waals surface area contributed by atoms with E-state index in [0.29, 0.717) is 6.42 Å². The van der Waals surface area contributed by atoms with Crippen molar-refractivity contribution in [2.24, 2.45) is 17.1 Å². The van der Waals surface area contributed by atoms with Crippen LogP contribution in [0.4, 0.5) is 8.78 Å². The predicted molar refractivity (Wildman–Crippen MR) is 146 cm³/mol. The van der Waals surface area contributed by atoms with Crippen LogP contribution in [0.1, 0.15) is 54.7 Å². The number of rotatable bonds is 6. The summed E-state index contributed by atoms with van der Waals surface area (Å²) in [7, 11) is -4.39. The van der Waals surface area contributed by atoms with Crippen LogP contribution >= 0.6 is 23.2 Å². The summed E-state index contributed by atoms with van der Waals surface area (Å²) in [5.74, 6) is -3.50. The summed E-state index contributed by atoms with van der Waals surface area (Å²) in [6.45, 7) is 5.68. The van der Waals surface area contributed by atoms with E-state index in [1.165, 1.54) is 54.6 Å². The molecule has 1 saturated heterocycles. The van der Waals surface area contributed by atoms with Crippen molar-refractivity contribution in [2.45, 2.75) is 43.7 Å². The number of nitrogens with two attached hydrogens (primary N) is 1. The van der Waals surface area contributed by atoms with Gasteiger partial charge in [0.25, 0.3) is 0 Å². The lowest BCUT2D eigenvalue weighted by molar-refractivity contribution is 0.0696. The van der Waals surface area contributed by atoms with Crippen LogP contribution in [0.2, 0.25) is 10.0 Å². The van der Waals surface area contributed by atoms with Gasteiger partial charge in [-0.15, -0.1) is 0 Å². The summed E-state index contributed by atoms with van der Waals surface area (Å²) in [6, 6.07) is 11.4. The Hall–Kier alpha value is -2.56. The molecule has 0 bridgehead atoms. The van der Waals surface area contributed by atoms with Crippen molar-refractivity contribution in [1.29, 1.82) is 0 Å². The van der Waals surface area contributed by atoms with Crippen LogP contribution < -0.4 is 5.73 Å². The molecule has 1 aliphatic heterocycles. The highest BCUT2D eigenvalue weighted by Crippen LogP contribution is 2.55. The highest BCUT2D eigenvalue weighted by atomic mass is 35.5. The van der Waals surface area contributed by atoms with E-state index >= 15 is 8.78 Å². The fourth-order valence-electron chi connectivity index (χ4n) is 5.40. The highest BCUT2D eigenvalue weighted by Gasteiger charge is 2.59. The van der Waals surface area contributed by atoms with Crippen LogP contribution in [0, 0.1) is 23.0 Å². The third-order valence-corrected chi connectivity index (χ3v) is 9.43. The molecule has 3 aromatic carbocycles. The number of hydrogen-bond donors (Lipinski definition) is 2. The average Bonchev–Trinajstić information content (AvgIpc) is 3.12. The maximum atomic E-state index is 15.7. The van der Waals surface area contributed by atoms with Crippen molar-refractivity contribution >= 4 is 39.2 Å². The molecular formula is C28H28Cl2F2N2O4S. The molecule has 0 unspecified atom stereocenters. The number of carbonyl (C=O) groups is 1. The normalized spacial score (nSPS) is 22.3. The van der Waals surface area contributed by atoms with Gasteiger partial charge in [0.15, 0.2) is 0 Å². The van der Waals surface area contributed by atoms with E-state index in [9.17, 15) is 18.3 Å². The summed E-state index contributed by atoms with van der Waals surface area (Å²) in [6.07, 6.45) is 0.369. The van der Waals surface area contributed by atoms with Gasteiger partial charge in [-0.05, 0) is 60.2 Å². The second kappa shape index (κ2) is 10.4. The van der Waals surface area contributed by atoms with Crippen molar-refractivity contribution in [3.05, 3.63) is 99.0 Å². The van der Waals surface area contributed by atoms with Gasteiger partial charge in [-0.2, -0.15) is 4.31 Å². The number of hydrogen-bond acceptors (Lipinski definition) is 4. The van der Waals surface area contributed by atoms with Gasteiger partial charge in [0.05, 0.1) is 27.1 Å². The van der Waals surface area contributed by atoms with E-state index in [4.69, 9.17) is 28.9 Å². The molecule has 39 heavy (non-hydrogen) atoms. The zero-order valence-corrected chi connectivity index (χ0v) is 23.8. The van der Waals surface area contributed by atoms with E-state index in [2.05, 4.69) is 0 Å². The van der Waals surface area contributed by atoms with Gasteiger partial charge in [0.2, 0.25) is 10.0 Å². The lowest BCUT2D eigenvalue weighted by atomic mass is 9.69. The van der Waals surface area contributed by atoms with Gasteiger partial charge in [-0.1, -0.05) is 62.2 Å². The topological polar surface area (TPSA) is 101 Å². The second-order valence-corrected chi connectivity index (χ2v) is 13.7. The SMILES string of the molecule is CC(C)(C)C[C@@H]1CN(S(=O)(=O)c2ccc(C(=O)O)cc2)[C@H](c2cccc(Cl)c2F)[C@@]1(N)c1ccc(Cl)cc1F. The first-order valence-electron chi connectivity index (χ1n) is 12.1. The van der Waals surface area contributed by atoms with Gasteiger partial charge in [0.1, 0.15) is 11.6 Å². The molecule has 1 fully saturated rings. The molecule has 1 aliphatic rings. The number of carboxylic acids is 1. The molecule has 6 nitrogen and oxygen atoms in total. The van der Waals surface area contributed by atoms with Gasteiger partial charge in [-0.25, -0.2) is 22.0 Å². The number of halogens is 4. The zero-order chi connectivity index (χ0) is 28.9. The maximum absolute atomic E-state index is 15.7. The molecule has 0 radical (unpaired) electrons. The summed E-state index contributed by atoms with van der Waals surface area (Å²) in [5.41, 5.74) is 4.81. The van der Waals surface area contributed by atoms with E-state index < -0.39 is 45.1 Å². The molecule has 3 N–H and O–H groups in total. The van der Waals surface area contributed by atoms with E-state index in [1.54, 1.807) is 0 Å². The molecule has 0 saturated carbocycles. The summed E-state index contributed by atoms with van der Waals surface area (Å²) >= 11 is 12.1. The van der Waals surface area contributed by atoms with E-state index in [1.807, 2.05) is 20.8 Å². The van der Waals surface area contributed by atoms with Crippen molar-refractivity contribution in [3.63, 3.8) is 0 Å². The minimum absolute atomic E-state index is 0.00977. The molecule has 11 heteroatoms. The van der Waals surface area contributed by atoms with Gasteiger partial charge < -0.3 is 10.8 Å². The number of carboxylic acid groups (broad SMARTS) is 1. The highest BCUT2D eigenvalue weighted by molar-refractivity contribution is 7.89. The third-order valence-electron chi connectivity index (χ3n) is 7.06. The lowest BCUT2D eigenvalue weighted by Crippen LogP contribution is -2.49. The first kappa shape index (κ1) is 29.4. The Bertz CT molecular complexity index is 1530. The monoisotopic (exact) mass is 596 g/mol. The van der Waals surface area contributed by atoms with Crippen molar-refractivity contribution < 1.29 is 27.1 Å². The number of sulfonamides is 1. The van der Waals surface area contributed by atoms with Gasteiger partial charge in [0, 0.05) is 22.7 Å². The molecule has 208 valence electrons. The average molecular weight is 598 g/mol. The molecule has 0 amide bonds. The van der Waals surface area contributed by atoms with E-state index in [0.717, 1.165) is 10.4 Å². The van der Waals surface area contributed by atoms with E-state index in [-0.39, 0.29) is 43.6 Å². The number of benzene rings is 3. The standard InChI is InChI=1S/C28H28Cl2F2N2O4S/c1-27(2,3)14-17-15-34(39(37,38)19-10-7-16(8-11-19)26(35)36)25(20-5-4-6-22(30)24(20)32)28(17,33)21-12-9-18(29)13-23(21)31/h4-13,17,25H,14-15,33H2,1-3H3,(H,35,36)/t17-,25-,28+/m1/s1. The molecule has 0 spiro atoms. The first-order valence-corrected chi connectivity index (χ1v) is 14.3. The lowest BCUT2D eigenvalue weighted by Gasteiger charge is -2.40. The third kappa shape index (κ3) is 5.43. The van der Waals surface area contributed by atoms with Crippen LogP contribution in [0.25, 0.3) is 0 Å². The summed E-state index contributed by atoms with van der Waals surface area (Å²) in [5, 5.41) is 9.13. The molecule has 3 aromatic rings. The Kier molecular flexibility index (Phi) is 7.88. The molecule has 0 aliphatic carbocycles. The minimum atomic E-state index is -4.39.